The Labute approximate surface area is 107 Å². The van der Waals surface area contributed by atoms with Crippen molar-refractivity contribution < 1.29 is 18.3 Å². The highest BCUT2D eigenvalue weighted by atomic mass is 32.2. The van der Waals surface area contributed by atoms with Gasteiger partial charge in [0.1, 0.15) is 9.77 Å². The lowest BCUT2D eigenvalue weighted by atomic mass is 10.5. The van der Waals surface area contributed by atoms with Gasteiger partial charge in [-0.3, -0.25) is 9.40 Å². The average Bonchev–Trinajstić information content (AvgIpc) is 2.86. The first-order chi connectivity index (χ1) is 8.40. The lowest BCUT2D eigenvalue weighted by Gasteiger charge is -2.04. The molecule has 0 saturated carbocycles. The lowest BCUT2D eigenvalue weighted by Crippen LogP contribution is -2.14. The van der Waals surface area contributed by atoms with E-state index >= 15 is 0 Å². The van der Waals surface area contributed by atoms with E-state index in [1.54, 1.807) is 7.05 Å². The van der Waals surface area contributed by atoms with E-state index in [-0.39, 0.29) is 15.5 Å². The summed E-state index contributed by atoms with van der Waals surface area (Å²) in [6, 6.07) is 1.26. The van der Waals surface area contributed by atoms with E-state index in [4.69, 9.17) is 5.11 Å². The zero-order valence-electron chi connectivity index (χ0n) is 9.19. The van der Waals surface area contributed by atoms with Crippen LogP contribution in [-0.4, -0.2) is 29.3 Å². The molecule has 96 valence electrons. The van der Waals surface area contributed by atoms with Crippen molar-refractivity contribution in [3.05, 3.63) is 28.7 Å². The van der Waals surface area contributed by atoms with Crippen molar-refractivity contribution in [3.63, 3.8) is 0 Å². The highest BCUT2D eigenvalue weighted by molar-refractivity contribution is 7.93. The Morgan fingerprint density at radius 3 is 2.83 bits per heavy atom. The highest BCUT2D eigenvalue weighted by Crippen LogP contribution is 2.24. The second kappa shape index (κ2) is 4.42. The van der Waals surface area contributed by atoms with Gasteiger partial charge in [-0.1, -0.05) is 0 Å². The van der Waals surface area contributed by atoms with Gasteiger partial charge in [0.15, 0.2) is 0 Å². The Bertz CT molecular complexity index is 686. The van der Waals surface area contributed by atoms with Gasteiger partial charge in [0.2, 0.25) is 0 Å². The molecule has 0 fully saturated rings. The molecule has 0 bridgehead atoms. The molecule has 0 unspecified atom stereocenters. The van der Waals surface area contributed by atoms with Crippen LogP contribution in [0.5, 0.6) is 0 Å². The molecular weight excluding hydrogens is 278 g/mol. The third kappa shape index (κ3) is 2.36. The van der Waals surface area contributed by atoms with E-state index in [0.29, 0.717) is 0 Å². The molecule has 0 radical (unpaired) electrons. The summed E-state index contributed by atoms with van der Waals surface area (Å²) in [5.41, 5.74) is 0.278. The standard InChI is InChI=1S/C9H9N3O4S2/c1-12-5-6(4-10-12)11-18(15,16)7-2-3-17-8(7)9(13)14/h2-5,11H,1H3,(H,13,14). The van der Waals surface area contributed by atoms with Gasteiger partial charge in [0.05, 0.1) is 11.9 Å². The SMILES string of the molecule is Cn1cc(NS(=O)(=O)c2ccsc2C(=O)O)cn1. The summed E-state index contributed by atoms with van der Waals surface area (Å²) in [7, 11) is -2.26. The van der Waals surface area contributed by atoms with Crippen LogP contribution in [-0.2, 0) is 17.1 Å². The number of anilines is 1. The number of aryl methyl sites for hydroxylation is 1. The fourth-order valence-corrected chi connectivity index (χ4v) is 3.64. The van der Waals surface area contributed by atoms with Crippen LogP contribution >= 0.6 is 11.3 Å². The van der Waals surface area contributed by atoms with E-state index in [1.807, 2.05) is 0 Å². The van der Waals surface area contributed by atoms with Crippen molar-refractivity contribution in [3.8, 4) is 0 Å². The number of carboxylic acids is 1. The first-order valence-corrected chi connectivity index (χ1v) is 7.08. The fourth-order valence-electron chi connectivity index (χ4n) is 1.35. The van der Waals surface area contributed by atoms with Crippen molar-refractivity contribution in [1.29, 1.82) is 0 Å². The van der Waals surface area contributed by atoms with Crippen molar-refractivity contribution >= 4 is 33.0 Å². The molecule has 0 aliphatic rings. The molecule has 0 aliphatic heterocycles. The molecule has 0 aliphatic carbocycles. The summed E-state index contributed by atoms with van der Waals surface area (Å²) < 4.78 is 27.7. The van der Waals surface area contributed by atoms with Gasteiger partial charge in [-0.2, -0.15) is 5.10 Å². The summed E-state index contributed by atoms with van der Waals surface area (Å²) >= 11 is 0.861. The third-order valence-corrected chi connectivity index (χ3v) is 4.53. The average molecular weight is 287 g/mol. The summed E-state index contributed by atoms with van der Waals surface area (Å²) in [5, 5.41) is 14.1. The zero-order chi connectivity index (χ0) is 13.3. The number of nitrogens with zero attached hydrogens (tertiary/aromatic N) is 2. The summed E-state index contributed by atoms with van der Waals surface area (Å²) in [5.74, 6) is -1.27. The van der Waals surface area contributed by atoms with Crippen molar-refractivity contribution in [1.82, 2.24) is 9.78 Å². The van der Waals surface area contributed by atoms with E-state index in [1.165, 1.54) is 28.5 Å². The number of sulfonamides is 1. The monoisotopic (exact) mass is 287 g/mol. The summed E-state index contributed by atoms with van der Waals surface area (Å²) in [6.45, 7) is 0. The molecule has 0 aromatic carbocycles. The zero-order valence-corrected chi connectivity index (χ0v) is 10.8. The molecule has 2 rings (SSSR count). The fraction of sp³-hybridized carbons (Fsp3) is 0.111. The number of hydrogen-bond acceptors (Lipinski definition) is 5. The Hall–Kier alpha value is -1.87. The largest absolute Gasteiger partial charge is 0.477 e. The summed E-state index contributed by atoms with van der Waals surface area (Å²) in [4.78, 5) is 10.4. The van der Waals surface area contributed by atoms with Crippen molar-refractivity contribution in [2.24, 2.45) is 7.05 Å². The number of nitrogens with one attached hydrogen (secondary N) is 1. The minimum Gasteiger partial charge on any atom is -0.477 e. The minimum absolute atomic E-state index is 0.216. The van der Waals surface area contributed by atoms with Gasteiger partial charge in [0.25, 0.3) is 10.0 Å². The second-order valence-corrected chi connectivity index (χ2v) is 5.99. The van der Waals surface area contributed by atoms with Gasteiger partial charge < -0.3 is 5.11 Å². The number of aromatic carboxylic acids is 1. The van der Waals surface area contributed by atoms with E-state index in [2.05, 4.69) is 9.82 Å². The maximum Gasteiger partial charge on any atom is 0.347 e. The molecule has 2 heterocycles. The predicted molar refractivity (Wildman–Crippen MR) is 65.3 cm³/mol. The Morgan fingerprint density at radius 2 is 2.28 bits per heavy atom. The van der Waals surface area contributed by atoms with Gasteiger partial charge in [-0.05, 0) is 11.4 Å². The van der Waals surface area contributed by atoms with E-state index < -0.39 is 16.0 Å². The quantitative estimate of drug-likeness (QED) is 0.873. The van der Waals surface area contributed by atoms with Crippen LogP contribution < -0.4 is 4.72 Å². The van der Waals surface area contributed by atoms with Gasteiger partial charge >= 0.3 is 5.97 Å². The van der Waals surface area contributed by atoms with Crippen molar-refractivity contribution in [2.45, 2.75) is 4.90 Å². The molecule has 7 nitrogen and oxygen atoms in total. The van der Waals surface area contributed by atoms with Crippen LogP contribution in [0, 0.1) is 0 Å². The Morgan fingerprint density at radius 1 is 1.56 bits per heavy atom. The number of aromatic nitrogens is 2. The Kier molecular flexibility index (Phi) is 3.09. The smallest absolute Gasteiger partial charge is 0.347 e. The van der Waals surface area contributed by atoms with Crippen LogP contribution in [0.15, 0.2) is 28.7 Å². The molecule has 0 atom stereocenters. The molecule has 18 heavy (non-hydrogen) atoms. The first-order valence-electron chi connectivity index (χ1n) is 4.72. The minimum atomic E-state index is -3.91. The maximum atomic E-state index is 12.0. The van der Waals surface area contributed by atoms with Crippen LogP contribution in [0.25, 0.3) is 0 Å². The second-order valence-electron chi connectivity index (χ2n) is 3.43. The van der Waals surface area contributed by atoms with Crippen molar-refractivity contribution in [2.75, 3.05) is 4.72 Å². The normalized spacial score (nSPS) is 11.4. The van der Waals surface area contributed by atoms with Crippen LogP contribution in [0.1, 0.15) is 9.67 Å². The maximum absolute atomic E-state index is 12.0. The number of thiophene rings is 1. The van der Waals surface area contributed by atoms with Gasteiger partial charge in [-0.15, -0.1) is 11.3 Å². The molecule has 0 spiro atoms. The summed E-state index contributed by atoms with van der Waals surface area (Å²) in [6.07, 6.45) is 2.81. The van der Waals surface area contributed by atoms with Gasteiger partial charge in [-0.25, -0.2) is 13.2 Å². The number of hydrogen-bond donors (Lipinski definition) is 2. The lowest BCUT2D eigenvalue weighted by molar-refractivity contribution is 0.0698. The Balaban J connectivity index is 2.37. The van der Waals surface area contributed by atoms with Crippen LogP contribution in [0.2, 0.25) is 0 Å². The first kappa shape index (κ1) is 12.6. The molecule has 2 aromatic rings. The van der Waals surface area contributed by atoms with Gasteiger partial charge in [0, 0.05) is 13.2 Å². The number of carbonyl (C=O) groups is 1. The number of rotatable bonds is 4. The molecular formula is C9H9N3O4S2. The highest BCUT2D eigenvalue weighted by Gasteiger charge is 2.24. The van der Waals surface area contributed by atoms with Crippen LogP contribution in [0.3, 0.4) is 0 Å². The third-order valence-electron chi connectivity index (χ3n) is 2.07. The van der Waals surface area contributed by atoms with Crippen LogP contribution in [0.4, 0.5) is 5.69 Å². The molecule has 0 saturated heterocycles. The molecule has 2 aromatic heterocycles. The molecule has 2 N–H and O–H groups in total. The number of carboxylic acid groups (broad SMARTS) is 1. The van der Waals surface area contributed by atoms with E-state index in [9.17, 15) is 13.2 Å². The topological polar surface area (TPSA) is 101 Å². The molecule has 9 heteroatoms. The molecule has 0 amide bonds. The predicted octanol–water partition coefficient (Wildman–Crippen LogP) is 0.981. The van der Waals surface area contributed by atoms with E-state index in [0.717, 1.165) is 11.3 Å².